The van der Waals surface area contributed by atoms with Crippen LogP contribution in [0.1, 0.15) is 30.9 Å². The molecule has 0 spiro atoms. The zero-order valence-corrected chi connectivity index (χ0v) is 11.0. The molecule has 0 heterocycles. The van der Waals surface area contributed by atoms with Crippen molar-refractivity contribution in [3.05, 3.63) is 60.2 Å². The van der Waals surface area contributed by atoms with Crippen LogP contribution in [-0.2, 0) is 0 Å². The Kier molecular flexibility index (Phi) is 3.51. The Bertz CT molecular complexity index is 534. The average molecular weight is 253 g/mol. The summed E-state index contributed by atoms with van der Waals surface area (Å²) in [7, 11) is 0. The lowest BCUT2D eigenvalue weighted by Crippen LogP contribution is -2.10. The molecular weight excluding hydrogens is 234 g/mol. The largest absolute Gasteiger partial charge is 0.457 e. The highest BCUT2D eigenvalue weighted by Crippen LogP contribution is 2.37. The maximum absolute atomic E-state index is 6.24. The Hall–Kier alpha value is -1.80. The minimum absolute atomic E-state index is 0.131. The molecule has 1 aliphatic rings. The first-order valence-corrected chi connectivity index (χ1v) is 6.90. The third-order valence-electron chi connectivity index (χ3n) is 3.55. The maximum Gasteiger partial charge on any atom is 0.127 e. The van der Waals surface area contributed by atoms with Gasteiger partial charge in [-0.05, 0) is 42.2 Å². The van der Waals surface area contributed by atoms with Crippen molar-refractivity contribution in [2.24, 2.45) is 11.7 Å². The summed E-state index contributed by atoms with van der Waals surface area (Å²) in [5.41, 5.74) is 7.41. The minimum atomic E-state index is 0.131. The fourth-order valence-electron chi connectivity index (χ4n) is 2.28. The van der Waals surface area contributed by atoms with Crippen LogP contribution in [0.4, 0.5) is 0 Å². The van der Waals surface area contributed by atoms with Gasteiger partial charge in [0.05, 0.1) is 0 Å². The standard InChI is InChI=1S/C17H19NO/c18-17(11-13-9-10-13)14-5-4-8-16(12-14)19-15-6-2-1-3-7-15/h1-8,12-13,17H,9-11,18H2/t17-/m0/s1. The summed E-state index contributed by atoms with van der Waals surface area (Å²) in [4.78, 5) is 0. The summed E-state index contributed by atoms with van der Waals surface area (Å²) >= 11 is 0. The summed E-state index contributed by atoms with van der Waals surface area (Å²) < 4.78 is 5.83. The Morgan fingerprint density at radius 3 is 2.47 bits per heavy atom. The van der Waals surface area contributed by atoms with Gasteiger partial charge in [-0.25, -0.2) is 0 Å². The zero-order chi connectivity index (χ0) is 13.1. The third-order valence-corrected chi connectivity index (χ3v) is 3.55. The van der Waals surface area contributed by atoms with E-state index in [-0.39, 0.29) is 6.04 Å². The van der Waals surface area contributed by atoms with Gasteiger partial charge < -0.3 is 10.5 Å². The molecule has 2 heteroatoms. The molecule has 1 atom stereocenters. The van der Waals surface area contributed by atoms with Crippen molar-refractivity contribution >= 4 is 0 Å². The van der Waals surface area contributed by atoms with Crippen molar-refractivity contribution in [2.75, 3.05) is 0 Å². The number of hydrogen-bond donors (Lipinski definition) is 1. The number of ether oxygens (including phenoxy) is 1. The van der Waals surface area contributed by atoms with Crippen LogP contribution in [-0.4, -0.2) is 0 Å². The van der Waals surface area contributed by atoms with Crippen molar-refractivity contribution in [2.45, 2.75) is 25.3 Å². The lowest BCUT2D eigenvalue weighted by molar-refractivity contribution is 0.480. The first kappa shape index (κ1) is 12.2. The molecule has 2 N–H and O–H groups in total. The van der Waals surface area contributed by atoms with Crippen LogP contribution >= 0.6 is 0 Å². The molecule has 0 aromatic heterocycles. The van der Waals surface area contributed by atoms with Gasteiger partial charge in [0.1, 0.15) is 11.5 Å². The topological polar surface area (TPSA) is 35.2 Å². The Balaban J connectivity index is 1.71. The summed E-state index contributed by atoms with van der Waals surface area (Å²) in [6.07, 6.45) is 3.77. The van der Waals surface area contributed by atoms with Gasteiger partial charge in [0.2, 0.25) is 0 Å². The molecule has 2 aromatic carbocycles. The second-order valence-electron chi connectivity index (χ2n) is 5.27. The smallest absolute Gasteiger partial charge is 0.127 e. The van der Waals surface area contributed by atoms with E-state index in [0.29, 0.717) is 0 Å². The maximum atomic E-state index is 6.24. The number of hydrogen-bond acceptors (Lipinski definition) is 2. The van der Waals surface area contributed by atoms with Crippen molar-refractivity contribution in [3.63, 3.8) is 0 Å². The van der Waals surface area contributed by atoms with Gasteiger partial charge in [0.15, 0.2) is 0 Å². The number of rotatable bonds is 5. The van der Waals surface area contributed by atoms with Gasteiger partial charge in [-0.2, -0.15) is 0 Å². The van der Waals surface area contributed by atoms with Crippen LogP contribution in [0.3, 0.4) is 0 Å². The summed E-state index contributed by atoms with van der Waals surface area (Å²) in [5, 5.41) is 0. The number of para-hydroxylation sites is 1. The van der Waals surface area contributed by atoms with Crippen molar-refractivity contribution in [1.82, 2.24) is 0 Å². The van der Waals surface area contributed by atoms with Gasteiger partial charge in [0.25, 0.3) is 0 Å². The van der Waals surface area contributed by atoms with Crippen molar-refractivity contribution in [3.8, 4) is 11.5 Å². The molecule has 0 unspecified atom stereocenters. The molecule has 19 heavy (non-hydrogen) atoms. The van der Waals surface area contributed by atoms with Gasteiger partial charge in [-0.1, -0.05) is 43.2 Å². The van der Waals surface area contributed by atoms with Gasteiger partial charge in [-0.15, -0.1) is 0 Å². The van der Waals surface area contributed by atoms with E-state index in [4.69, 9.17) is 10.5 Å². The summed E-state index contributed by atoms with van der Waals surface area (Å²) in [6.45, 7) is 0. The Morgan fingerprint density at radius 1 is 1.00 bits per heavy atom. The molecule has 2 aromatic rings. The molecule has 0 aliphatic heterocycles. The molecule has 98 valence electrons. The highest BCUT2D eigenvalue weighted by atomic mass is 16.5. The molecule has 3 rings (SSSR count). The molecule has 2 nitrogen and oxygen atoms in total. The molecule has 1 saturated carbocycles. The summed E-state index contributed by atoms with van der Waals surface area (Å²) in [5.74, 6) is 2.55. The van der Waals surface area contributed by atoms with Gasteiger partial charge in [-0.3, -0.25) is 0 Å². The Labute approximate surface area is 114 Å². The molecule has 0 saturated heterocycles. The predicted octanol–water partition coefficient (Wildman–Crippen LogP) is 4.28. The SMILES string of the molecule is N[C@@H](CC1CC1)c1cccc(Oc2ccccc2)c1. The molecule has 0 amide bonds. The van der Waals surface area contributed by atoms with Crippen LogP contribution in [0.15, 0.2) is 54.6 Å². The number of benzene rings is 2. The van der Waals surface area contributed by atoms with Crippen LogP contribution < -0.4 is 10.5 Å². The molecule has 0 radical (unpaired) electrons. The van der Waals surface area contributed by atoms with Gasteiger partial charge >= 0.3 is 0 Å². The van der Waals surface area contributed by atoms with Crippen molar-refractivity contribution in [1.29, 1.82) is 0 Å². The van der Waals surface area contributed by atoms with E-state index in [1.807, 2.05) is 42.5 Å². The van der Waals surface area contributed by atoms with E-state index in [9.17, 15) is 0 Å². The lowest BCUT2D eigenvalue weighted by atomic mass is 10.0. The molecule has 1 aliphatic carbocycles. The quantitative estimate of drug-likeness (QED) is 0.863. The van der Waals surface area contributed by atoms with E-state index in [0.717, 1.165) is 23.8 Å². The summed E-state index contributed by atoms with van der Waals surface area (Å²) in [6, 6.07) is 18.1. The molecule has 1 fully saturated rings. The van der Waals surface area contributed by atoms with Crippen LogP contribution in [0.25, 0.3) is 0 Å². The average Bonchev–Trinajstić information content (AvgIpc) is 3.24. The first-order chi connectivity index (χ1) is 9.31. The highest BCUT2D eigenvalue weighted by molar-refractivity contribution is 5.35. The van der Waals surface area contributed by atoms with Crippen molar-refractivity contribution < 1.29 is 4.74 Å². The molecule has 0 bridgehead atoms. The highest BCUT2D eigenvalue weighted by Gasteiger charge is 2.24. The monoisotopic (exact) mass is 253 g/mol. The second kappa shape index (κ2) is 5.45. The van der Waals surface area contributed by atoms with Gasteiger partial charge in [0, 0.05) is 6.04 Å². The van der Waals surface area contributed by atoms with Crippen LogP contribution in [0.2, 0.25) is 0 Å². The Morgan fingerprint density at radius 2 is 1.74 bits per heavy atom. The zero-order valence-electron chi connectivity index (χ0n) is 11.0. The number of nitrogens with two attached hydrogens (primary N) is 1. The second-order valence-corrected chi connectivity index (χ2v) is 5.27. The lowest BCUT2D eigenvalue weighted by Gasteiger charge is -2.13. The third kappa shape index (κ3) is 3.36. The first-order valence-electron chi connectivity index (χ1n) is 6.90. The van der Waals surface area contributed by atoms with E-state index < -0.39 is 0 Å². The predicted molar refractivity (Wildman–Crippen MR) is 77.2 cm³/mol. The van der Waals surface area contributed by atoms with E-state index in [1.54, 1.807) is 0 Å². The van der Waals surface area contributed by atoms with E-state index >= 15 is 0 Å². The fraction of sp³-hybridized carbons (Fsp3) is 0.294. The van der Waals surface area contributed by atoms with E-state index in [1.165, 1.54) is 18.4 Å². The van der Waals surface area contributed by atoms with E-state index in [2.05, 4.69) is 12.1 Å². The molecular formula is C17H19NO. The minimum Gasteiger partial charge on any atom is -0.457 e. The van der Waals surface area contributed by atoms with Crippen LogP contribution in [0, 0.1) is 5.92 Å². The normalized spacial score (nSPS) is 16.1. The van der Waals surface area contributed by atoms with Crippen LogP contribution in [0.5, 0.6) is 11.5 Å². The fourth-order valence-corrected chi connectivity index (χ4v) is 2.28.